The second kappa shape index (κ2) is 10.7. The predicted octanol–water partition coefficient (Wildman–Crippen LogP) is 4.49. The van der Waals surface area contributed by atoms with Gasteiger partial charge in [0.05, 0.1) is 13.0 Å². The number of hydrogen-bond acceptors (Lipinski definition) is 6. The molecule has 3 aromatic carbocycles. The van der Waals surface area contributed by atoms with E-state index >= 15 is 0 Å². The summed E-state index contributed by atoms with van der Waals surface area (Å²) in [5.74, 6) is -0.404. The summed E-state index contributed by atoms with van der Waals surface area (Å²) in [7, 11) is 1.61. The van der Waals surface area contributed by atoms with Crippen LogP contribution >= 0.6 is 11.3 Å². The zero-order valence-electron chi connectivity index (χ0n) is 18.8. The third-order valence-corrected chi connectivity index (χ3v) is 6.16. The monoisotopic (exact) mass is 472 g/mol. The van der Waals surface area contributed by atoms with Crippen LogP contribution in [0.2, 0.25) is 0 Å². The summed E-state index contributed by atoms with van der Waals surface area (Å²) >= 11 is 1.26. The summed E-state index contributed by atoms with van der Waals surface area (Å²) in [6.07, 6.45) is 0. The molecule has 2 amide bonds. The smallest absolute Gasteiger partial charge is 0.248 e. The molecule has 172 valence electrons. The summed E-state index contributed by atoms with van der Waals surface area (Å²) in [5.41, 5.74) is 2.58. The summed E-state index contributed by atoms with van der Waals surface area (Å²) in [6.45, 7) is 1.64. The molecule has 0 spiro atoms. The Morgan fingerprint density at radius 1 is 0.824 bits per heavy atom. The van der Waals surface area contributed by atoms with Crippen LogP contribution in [-0.4, -0.2) is 35.2 Å². The summed E-state index contributed by atoms with van der Waals surface area (Å²) in [5, 5.41) is 14.8. The van der Waals surface area contributed by atoms with Gasteiger partial charge in [0.1, 0.15) is 16.8 Å². The van der Waals surface area contributed by atoms with Crippen LogP contribution in [0.5, 0.6) is 5.75 Å². The Hall–Kier alpha value is -4.04. The first-order valence-corrected chi connectivity index (χ1v) is 11.6. The molecule has 4 aromatic rings. The van der Waals surface area contributed by atoms with Crippen molar-refractivity contribution in [3.05, 3.63) is 96.1 Å². The summed E-state index contributed by atoms with van der Waals surface area (Å²) in [4.78, 5) is 26.0. The van der Waals surface area contributed by atoms with Crippen molar-refractivity contribution in [2.24, 2.45) is 0 Å². The van der Waals surface area contributed by atoms with Crippen LogP contribution in [0.1, 0.15) is 24.0 Å². The number of hydrogen-bond donors (Lipinski definition) is 2. The van der Waals surface area contributed by atoms with Gasteiger partial charge in [-0.1, -0.05) is 72.0 Å². The zero-order chi connectivity index (χ0) is 23.9. The van der Waals surface area contributed by atoms with E-state index < -0.39 is 12.0 Å². The molecular formula is C26H24N4O3S. The molecule has 0 fully saturated rings. The van der Waals surface area contributed by atoms with E-state index in [4.69, 9.17) is 4.74 Å². The van der Waals surface area contributed by atoms with E-state index in [2.05, 4.69) is 20.8 Å². The number of aromatic nitrogens is 2. The minimum Gasteiger partial charge on any atom is -0.497 e. The Labute approximate surface area is 201 Å². The fourth-order valence-electron chi connectivity index (χ4n) is 3.49. The molecule has 2 N–H and O–H groups in total. The number of nitrogens with zero attached hydrogens (tertiary/aromatic N) is 2. The number of methoxy groups -OCH3 is 1. The average molecular weight is 473 g/mol. The van der Waals surface area contributed by atoms with Gasteiger partial charge in [0, 0.05) is 5.56 Å². The van der Waals surface area contributed by atoms with E-state index in [9.17, 15) is 9.59 Å². The van der Waals surface area contributed by atoms with Gasteiger partial charge in [-0.25, -0.2) is 0 Å². The maximum absolute atomic E-state index is 13.2. The number of rotatable bonds is 8. The van der Waals surface area contributed by atoms with Crippen molar-refractivity contribution in [2.45, 2.75) is 18.9 Å². The minimum absolute atomic E-state index is 0.253. The predicted molar refractivity (Wildman–Crippen MR) is 133 cm³/mol. The number of carbonyl (C=O) groups excluding carboxylic acids is 2. The first-order chi connectivity index (χ1) is 16.5. The van der Waals surface area contributed by atoms with Gasteiger partial charge in [-0.2, -0.15) is 0 Å². The number of amides is 2. The average Bonchev–Trinajstić information content (AvgIpc) is 3.34. The van der Waals surface area contributed by atoms with Crippen LogP contribution in [0.3, 0.4) is 0 Å². The number of anilines is 1. The van der Waals surface area contributed by atoms with Crippen molar-refractivity contribution in [2.75, 3.05) is 12.4 Å². The molecule has 0 bridgehead atoms. The SMILES string of the molecule is COc1ccc(-c2nnc(NC(=O)C(C)NC(=O)C(c3ccccc3)c3ccccc3)s2)cc1. The Morgan fingerprint density at radius 3 is 1.97 bits per heavy atom. The molecule has 0 aliphatic rings. The van der Waals surface area contributed by atoms with E-state index in [0.29, 0.717) is 10.1 Å². The standard InChI is InChI=1S/C26H24N4O3S/c1-17(23(31)28-26-30-29-25(34-26)20-13-15-21(33-2)16-14-20)27-24(32)22(18-9-5-3-6-10-18)19-11-7-4-8-12-19/h3-17,22H,1-2H3,(H,27,32)(H,28,30,31). The van der Waals surface area contributed by atoms with Crippen LogP contribution < -0.4 is 15.4 Å². The van der Waals surface area contributed by atoms with E-state index in [1.54, 1.807) is 14.0 Å². The fourth-order valence-corrected chi connectivity index (χ4v) is 4.24. The highest BCUT2D eigenvalue weighted by Crippen LogP contribution is 2.28. The van der Waals surface area contributed by atoms with Crippen LogP contribution in [0, 0.1) is 0 Å². The Balaban J connectivity index is 1.43. The van der Waals surface area contributed by atoms with Crippen LogP contribution in [0.15, 0.2) is 84.9 Å². The quantitative estimate of drug-likeness (QED) is 0.394. The van der Waals surface area contributed by atoms with Crippen LogP contribution in [0.4, 0.5) is 5.13 Å². The van der Waals surface area contributed by atoms with Crippen molar-refractivity contribution in [3.8, 4) is 16.3 Å². The highest BCUT2D eigenvalue weighted by atomic mass is 32.1. The molecule has 8 heteroatoms. The van der Waals surface area contributed by atoms with Crippen molar-refractivity contribution < 1.29 is 14.3 Å². The van der Waals surface area contributed by atoms with Crippen molar-refractivity contribution in [3.63, 3.8) is 0 Å². The number of benzene rings is 3. The third-order valence-electron chi connectivity index (χ3n) is 5.27. The lowest BCUT2D eigenvalue weighted by Crippen LogP contribution is -2.43. The molecule has 0 radical (unpaired) electrons. The zero-order valence-corrected chi connectivity index (χ0v) is 19.6. The molecule has 1 unspecified atom stereocenters. The van der Waals surface area contributed by atoms with Crippen LogP contribution in [-0.2, 0) is 9.59 Å². The molecule has 1 heterocycles. The summed E-state index contributed by atoms with van der Waals surface area (Å²) < 4.78 is 5.17. The van der Waals surface area contributed by atoms with Crippen molar-refractivity contribution in [1.82, 2.24) is 15.5 Å². The molecule has 0 saturated carbocycles. The normalized spacial score (nSPS) is 11.6. The number of carbonyl (C=O) groups is 2. The largest absolute Gasteiger partial charge is 0.497 e. The first-order valence-electron chi connectivity index (χ1n) is 10.7. The molecule has 7 nitrogen and oxygen atoms in total. The fraction of sp³-hybridized carbons (Fsp3) is 0.154. The lowest BCUT2D eigenvalue weighted by molar-refractivity contribution is -0.126. The molecule has 0 aliphatic heterocycles. The van der Waals surface area contributed by atoms with E-state index in [-0.39, 0.29) is 11.8 Å². The van der Waals surface area contributed by atoms with E-state index in [1.165, 1.54) is 11.3 Å². The molecule has 1 aromatic heterocycles. The van der Waals surface area contributed by atoms with Gasteiger partial charge >= 0.3 is 0 Å². The second-order valence-corrected chi connectivity index (χ2v) is 8.59. The maximum Gasteiger partial charge on any atom is 0.248 e. The molecular weight excluding hydrogens is 448 g/mol. The second-order valence-electron chi connectivity index (χ2n) is 7.61. The summed E-state index contributed by atoms with van der Waals surface area (Å²) in [6, 6.07) is 25.7. The Kier molecular flexibility index (Phi) is 7.29. The molecule has 34 heavy (non-hydrogen) atoms. The van der Waals surface area contributed by atoms with Gasteiger partial charge in [0.15, 0.2) is 0 Å². The third kappa shape index (κ3) is 5.47. The number of nitrogens with one attached hydrogen (secondary N) is 2. The maximum atomic E-state index is 13.2. The number of ether oxygens (including phenoxy) is 1. The highest BCUT2D eigenvalue weighted by molar-refractivity contribution is 7.18. The molecule has 0 saturated heterocycles. The highest BCUT2D eigenvalue weighted by Gasteiger charge is 2.26. The van der Waals surface area contributed by atoms with Gasteiger partial charge in [-0.15, -0.1) is 10.2 Å². The van der Waals surface area contributed by atoms with Crippen molar-refractivity contribution >= 4 is 28.3 Å². The minimum atomic E-state index is -0.768. The lowest BCUT2D eigenvalue weighted by atomic mass is 9.90. The van der Waals surface area contributed by atoms with E-state index in [0.717, 1.165) is 22.4 Å². The molecule has 4 rings (SSSR count). The topological polar surface area (TPSA) is 93.2 Å². The Morgan fingerprint density at radius 2 is 1.41 bits per heavy atom. The van der Waals surface area contributed by atoms with Crippen LogP contribution in [0.25, 0.3) is 10.6 Å². The Bertz CT molecular complexity index is 1200. The first kappa shape index (κ1) is 23.1. The van der Waals surface area contributed by atoms with Gasteiger partial charge in [0.2, 0.25) is 16.9 Å². The molecule has 0 aliphatic carbocycles. The van der Waals surface area contributed by atoms with Gasteiger partial charge in [0.25, 0.3) is 0 Å². The van der Waals surface area contributed by atoms with Crippen molar-refractivity contribution in [1.29, 1.82) is 0 Å². The van der Waals surface area contributed by atoms with Gasteiger partial charge < -0.3 is 10.1 Å². The van der Waals surface area contributed by atoms with E-state index in [1.807, 2.05) is 84.9 Å². The van der Waals surface area contributed by atoms with Gasteiger partial charge in [-0.05, 0) is 42.3 Å². The van der Waals surface area contributed by atoms with Gasteiger partial charge in [-0.3, -0.25) is 14.9 Å². The lowest BCUT2D eigenvalue weighted by Gasteiger charge is -2.20. The molecule has 1 atom stereocenters.